The zero-order chi connectivity index (χ0) is 9.10. The second-order valence-corrected chi connectivity index (χ2v) is 3.41. The first kappa shape index (κ1) is 8.66. The summed E-state index contributed by atoms with van der Waals surface area (Å²) in [4.78, 5) is 4.29. The molecule has 13 heavy (non-hydrogen) atoms. The van der Waals surface area contributed by atoms with Gasteiger partial charge in [0.15, 0.2) is 0 Å². The van der Waals surface area contributed by atoms with Gasteiger partial charge in [0, 0.05) is 12.2 Å². The summed E-state index contributed by atoms with van der Waals surface area (Å²) in [5.41, 5.74) is 1.06. The Hall–Kier alpha value is -0.930. The number of ether oxygens (including phenoxy) is 1. The smallest absolute Gasteiger partial charge is 0.0735 e. The highest BCUT2D eigenvalue weighted by molar-refractivity contribution is 5.09. The summed E-state index contributed by atoms with van der Waals surface area (Å²) in [6.07, 6.45) is 1.82. The van der Waals surface area contributed by atoms with Gasteiger partial charge in [-0.25, -0.2) is 0 Å². The summed E-state index contributed by atoms with van der Waals surface area (Å²) in [5, 5.41) is 3.45. The Kier molecular flexibility index (Phi) is 2.57. The van der Waals surface area contributed by atoms with Crippen LogP contribution < -0.4 is 5.32 Å². The molecule has 2 unspecified atom stereocenters. The van der Waals surface area contributed by atoms with Gasteiger partial charge in [0.1, 0.15) is 0 Å². The Morgan fingerprint density at radius 3 is 3.08 bits per heavy atom. The third kappa shape index (κ3) is 2.05. The van der Waals surface area contributed by atoms with Crippen molar-refractivity contribution < 1.29 is 4.74 Å². The molecule has 0 spiro atoms. The quantitative estimate of drug-likeness (QED) is 0.700. The predicted molar refractivity (Wildman–Crippen MR) is 50.4 cm³/mol. The average molecular weight is 178 g/mol. The van der Waals surface area contributed by atoms with Crippen LogP contribution in [-0.2, 0) is 4.74 Å². The first-order valence-electron chi connectivity index (χ1n) is 4.61. The minimum absolute atomic E-state index is 0.255. The van der Waals surface area contributed by atoms with E-state index < -0.39 is 0 Å². The monoisotopic (exact) mass is 178 g/mol. The lowest BCUT2D eigenvalue weighted by atomic mass is 10.1. The Balaban J connectivity index is 2.08. The van der Waals surface area contributed by atoms with E-state index in [2.05, 4.69) is 17.2 Å². The van der Waals surface area contributed by atoms with Crippen LogP contribution in [0.1, 0.15) is 18.7 Å². The fourth-order valence-electron chi connectivity index (χ4n) is 1.56. The molecule has 0 amide bonds. The Bertz CT molecular complexity index is 263. The SMILES string of the molecule is CC1COCC(c2ccccn2)N1. The topological polar surface area (TPSA) is 34.1 Å². The molecule has 0 aromatic carbocycles. The highest BCUT2D eigenvalue weighted by Gasteiger charge is 2.20. The number of nitrogens with zero attached hydrogens (tertiary/aromatic N) is 1. The Labute approximate surface area is 78.1 Å². The summed E-state index contributed by atoms with van der Waals surface area (Å²) in [6, 6.07) is 6.63. The van der Waals surface area contributed by atoms with Crippen LogP contribution in [0.5, 0.6) is 0 Å². The van der Waals surface area contributed by atoms with E-state index in [0.29, 0.717) is 6.04 Å². The van der Waals surface area contributed by atoms with Crippen molar-refractivity contribution in [3.05, 3.63) is 30.1 Å². The third-order valence-corrected chi connectivity index (χ3v) is 2.18. The van der Waals surface area contributed by atoms with E-state index in [0.717, 1.165) is 18.9 Å². The molecule has 0 radical (unpaired) electrons. The van der Waals surface area contributed by atoms with E-state index in [9.17, 15) is 0 Å². The van der Waals surface area contributed by atoms with Crippen molar-refractivity contribution in [2.75, 3.05) is 13.2 Å². The van der Waals surface area contributed by atoms with E-state index in [-0.39, 0.29) is 6.04 Å². The van der Waals surface area contributed by atoms with Crippen LogP contribution in [-0.4, -0.2) is 24.2 Å². The molecular formula is C10H14N2O. The lowest BCUT2D eigenvalue weighted by Gasteiger charge is -2.28. The van der Waals surface area contributed by atoms with Gasteiger partial charge in [-0.1, -0.05) is 6.07 Å². The maximum atomic E-state index is 5.45. The van der Waals surface area contributed by atoms with Gasteiger partial charge >= 0.3 is 0 Å². The predicted octanol–water partition coefficient (Wildman–Crippen LogP) is 1.13. The number of hydrogen-bond donors (Lipinski definition) is 1. The minimum Gasteiger partial charge on any atom is -0.378 e. The molecule has 2 heterocycles. The lowest BCUT2D eigenvalue weighted by molar-refractivity contribution is 0.0492. The van der Waals surface area contributed by atoms with E-state index in [1.54, 1.807) is 0 Å². The molecular weight excluding hydrogens is 164 g/mol. The van der Waals surface area contributed by atoms with Gasteiger partial charge in [-0.3, -0.25) is 4.98 Å². The molecule has 2 rings (SSSR count). The molecule has 1 saturated heterocycles. The number of aromatic nitrogens is 1. The van der Waals surface area contributed by atoms with E-state index in [1.165, 1.54) is 0 Å². The molecule has 1 aliphatic rings. The van der Waals surface area contributed by atoms with Gasteiger partial charge in [0.2, 0.25) is 0 Å². The molecule has 1 fully saturated rings. The molecule has 1 aromatic heterocycles. The second-order valence-electron chi connectivity index (χ2n) is 3.41. The van der Waals surface area contributed by atoms with Gasteiger partial charge in [-0.2, -0.15) is 0 Å². The standard InChI is InChI=1S/C10H14N2O/c1-8-6-13-7-10(12-8)9-4-2-3-5-11-9/h2-5,8,10,12H,6-7H2,1H3. The number of morpholine rings is 1. The minimum atomic E-state index is 0.255. The summed E-state index contributed by atoms with van der Waals surface area (Å²) >= 11 is 0. The van der Waals surface area contributed by atoms with Crippen molar-refractivity contribution in [1.82, 2.24) is 10.3 Å². The van der Waals surface area contributed by atoms with Crippen LogP contribution in [0.4, 0.5) is 0 Å². The van der Waals surface area contributed by atoms with Crippen LogP contribution >= 0.6 is 0 Å². The van der Waals surface area contributed by atoms with Gasteiger partial charge in [-0.05, 0) is 19.1 Å². The van der Waals surface area contributed by atoms with Crippen molar-refractivity contribution in [2.45, 2.75) is 19.0 Å². The second kappa shape index (κ2) is 3.85. The van der Waals surface area contributed by atoms with Gasteiger partial charge in [-0.15, -0.1) is 0 Å². The zero-order valence-electron chi connectivity index (χ0n) is 7.73. The first-order chi connectivity index (χ1) is 6.36. The van der Waals surface area contributed by atoms with Crippen molar-refractivity contribution in [3.8, 4) is 0 Å². The molecule has 0 aliphatic carbocycles. The largest absolute Gasteiger partial charge is 0.378 e. The first-order valence-corrected chi connectivity index (χ1v) is 4.61. The molecule has 1 aromatic rings. The van der Waals surface area contributed by atoms with Crippen molar-refractivity contribution in [3.63, 3.8) is 0 Å². The van der Waals surface area contributed by atoms with E-state index in [1.807, 2.05) is 24.4 Å². The highest BCUT2D eigenvalue weighted by atomic mass is 16.5. The maximum absolute atomic E-state index is 5.45. The van der Waals surface area contributed by atoms with Gasteiger partial charge in [0.25, 0.3) is 0 Å². The summed E-state index contributed by atoms with van der Waals surface area (Å²) in [6.45, 7) is 3.64. The maximum Gasteiger partial charge on any atom is 0.0735 e. The van der Waals surface area contributed by atoms with Crippen LogP contribution in [0.15, 0.2) is 24.4 Å². The van der Waals surface area contributed by atoms with E-state index >= 15 is 0 Å². The Morgan fingerprint density at radius 2 is 2.38 bits per heavy atom. The number of nitrogens with one attached hydrogen (secondary N) is 1. The molecule has 70 valence electrons. The molecule has 0 bridgehead atoms. The average Bonchev–Trinajstić information content (AvgIpc) is 2.19. The fourth-order valence-corrected chi connectivity index (χ4v) is 1.56. The molecule has 3 nitrogen and oxygen atoms in total. The van der Waals surface area contributed by atoms with Gasteiger partial charge in [0.05, 0.1) is 24.9 Å². The Morgan fingerprint density at radius 1 is 1.46 bits per heavy atom. The number of pyridine rings is 1. The molecule has 0 saturated carbocycles. The fraction of sp³-hybridized carbons (Fsp3) is 0.500. The summed E-state index contributed by atoms with van der Waals surface area (Å²) < 4.78 is 5.45. The molecule has 1 N–H and O–H groups in total. The van der Waals surface area contributed by atoms with Crippen LogP contribution in [0.2, 0.25) is 0 Å². The summed E-state index contributed by atoms with van der Waals surface area (Å²) in [7, 11) is 0. The summed E-state index contributed by atoms with van der Waals surface area (Å²) in [5.74, 6) is 0. The number of hydrogen-bond acceptors (Lipinski definition) is 3. The lowest BCUT2D eigenvalue weighted by Crippen LogP contribution is -2.42. The van der Waals surface area contributed by atoms with Crippen LogP contribution in [0, 0.1) is 0 Å². The highest BCUT2D eigenvalue weighted by Crippen LogP contribution is 2.14. The van der Waals surface area contributed by atoms with Crippen molar-refractivity contribution in [1.29, 1.82) is 0 Å². The normalized spacial score (nSPS) is 28.7. The number of rotatable bonds is 1. The van der Waals surface area contributed by atoms with Crippen LogP contribution in [0.25, 0.3) is 0 Å². The van der Waals surface area contributed by atoms with Crippen LogP contribution in [0.3, 0.4) is 0 Å². The third-order valence-electron chi connectivity index (χ3n) is 2.18. The molecule has 1 aliphatic heterocycles. The van der Waals surface area contributed by atoms with Crippen molar-refractivity contribution in [2.24, 2.45) is 0 Å². The van der Waals surface area contributed by atoms with E-state index in [4.69, 9.17) is 4.74 Å². The zero-order valence-corrected chi connectivity index (χ0v) is 7.73. The molecule has 2 atom stereocenters. The van der Waals surface area contributed by atoms with Crippen molar-refractivity contribution >= 4 is 0 Å². The molecule has 3 heteroatoms. The van der Waals surface area contributed by atoms with Gasteiger partial charge < -0.3 is 10.1 Å².